The highest BCUT2D eigenvalue weighted by Gasteiger charge is 2.18. The molecule has 4 aromatic rings. The van der Waals surface area contributed by atoms with Gasteiger partial charge in [-0.1, -0.05) is 60.1 Å². The van der Waals surface area contributed by atoms with Crippen molar-refractivity contribution in [3.8, 4) is 22.9 Å². The van der Waals surface area contributed by atoms with Gasteiger partial charge in [0, 0.05) is 17.5 Å². The van der Waals surface area contributed by atoms with E-state index in [2.05, 4.69) is 6.07 Å². The van der Waals surface area contributed by atoms with Gasteiger partial charge in [-0.05, 0) is 42.7 Å². The zero-order valence-electron chi connectivity index (χ0n) is 17.5. The third-order valence-corrected chi connectivity index (χ3v) is 5.76. The van der Waals surface area contributed by atoms with Gasteiger partial charge in [0.05, 0.1) is 17.1 Å². The molecule has 1 N–H and O–H groups in total. The summed E-state index contributed by atoms with van der Waals surface area (Å²) < 4.78 is 7.63. The summed E-state index contributed by atoms with van der Waals surface area (Å²) in [5.41, 5.74) is 4.62. The molecule has 0 spiro atoms. The fourth-order valence-electron chi connectivity index (χ4n) is 3.96. The maximum absolute atomic E-state index is 12.0. The zero-order valence-corrected chi connectivity index (χ0v) is 18.3. The maximum Gasteiger partial charge on any atom is 0.352 e. The van der Waals surface area contributed by atoms with Crippen LogP contribution in [0.1, 0.15) is 28.0 Å². The van der Waals surface area contributed by atoms with Crippen molar-refractivity contribution in [2.75, 3.05) is 6.61 Å². The summed E-state index contributed by atoms with van der Waals surface area (Å²) in [6, 6.07) is 22.8. The number of nitrogens with zero attached hydrogens (tertiary/aromatic N) is 2. The Bertz CT molecular complexity index is 1350. The number of carbonyl (C=O) groups is 1. The number of benzene rings is 3. The number of fused-ring (bicyclic) bond motifs is 1. The first-order valence-corrected chi connectivity index (χ1v) is 10.6. The number of hydrogen-bond donors (Lipinski definition) is 1. The molecule has 0 atom stereocenters. The van der Waals surface area contributed by atoms with E-state index in [0.717, 1.165) is 27.6 Å². The molecule has 0 radical (unpaired) electrons. The van der Waals surface area contributed by atoms with Crippen molar-refractivity contribution >= 4 is 28.5 Å². The van der Waals surface area contributed by atoms with E-state index < -0.39 is 5.97 Å². The van der Waals surface area contributed by atoms with E-state index in [-0.39, 0.29) is 5.69 Å². The minimum Gasteiger partial charge on any atom is -0.492 e. The Morgan fingerprint density at radius 3 is 2.59 bits per heavy atom. The van der Waals surface area contributed by atoms with Gasteiger partial charge in [-0.2, -0.15) is 5.26 Å². The minimum absolute atomic E-state index is 0.238. The van der Waals surface area contributed by atoms with Gasteiger partial charge in [-0.15, -0.1) is 0 Å². The Labute approximate surface area is 191 Å². The van der Waals surface area contributed by atoms with Crippen LogP contribution in [0.15, 0.2) is 66.7 Å². The largest absolute Gasteiger partial charge is 0.492 e. The van der Waals surface area contributed by atoms with Crippen LogP contribution in [0.4, 0.5) is 0 Å². The molecular weight excluding hydrogens is 424 g/mol. The normalized spacial score (nSPS) is 10.8. The van der Waals surface area contributed by atoms with Crippen LogP contribution in [-0.4, -0.2) is 22.2 Å². The number of ether oxygens (including phenoxy) is 1. The second-order valence-corrected chi connectivity index (χ2v) is 7.88. The summed E-state index contributed by atoms with van der Waals surface area (Å²) in [4.78, 5) is 12.0. The van der Waals surface area contributed by atoms with Crippen LogP contribution in [-0.2, 0) is 6.54 Å². The quantitative estimate of drug-likeness (QED) is 0.339. The van der Waals surface area contributed by atoms with E-state index in [1.165, 1.54) is 0 Å². The molecule has 0 amide bonds. The number of rotatable bonds is 7. The second kappa shape index (κ2) is 9.17. The van der Waals surface area contributed by atoms with Gasteiger partial charge in [-0.3, -0.25) is 0 Å². The lowest BCUT2D eigenvalue weighted by Crippen LogP contribution is -2.11. The Kier molecular flexibility index (Phi) is 6.16. The van der Waals surface area contributed by atoms with Crippen LogP contribution < -0.4 is 4.74 Å². The average molecular weight is 445 g/mol. The van der Waals surface area contributed by atoms with Crippen molar-refractivity contribution in [1.82, 2.24) is 4.57 Å². The monoisotopic (exact) mass is 444 g/mol. The summed E-state index contributed by atoms with van der Waals surface area (Å²) in [5, 5.41) is 20.3. The van der Waals surface area contributed by atoms with E-state index >= 15 is 0 Å². The van der Waals surface area contributed by atoms with Gasteiger partial charge >= 0.3 is 5.97 Å². The van der Waals surface area contributed by atoms with E-state index in [0.29, 0.717) is 35.9 Å². The second-order valence-electron chi connectivity index (χ2n) is 7.47. The van der Waals surface area contributed by atoms with E-state index in [4.69, 9.17) is 16.3 Å². The Hall–Kier alpha value is -3.75. The van der Waals surface area contributed by atoms with Crippen molar-refractivity contribution in [2.24, 2.45) is 0 Å². The number of hydrogen-bond acceptors (Lipinski definition) is 3. The lowest BCUT2D eigenvalue weighted by atomic mass is 9.99. The van der Waals surface area contributed by atoms with Gasteiger partial charge in [0.25, 0.3) is 0 Å². The number of aromatic nitrogens is 1. The summed E-state index contributed by atoms with van der Waals surface area (Å²) in [5.74, 6) is -0.545. The third-order valence-electron chi connectivity index (χ3n) is 5.45. The molecule has 1 heterocycles. The number of aryl methyl sites for hydroxylation is 2. The molecule has 0 saturated heterocycles. The standard InChI is InChI=1S/C26H21ClN2O3/c1-17-7-2-3-9-19(17)20-10-4-8-18-15-23(26(30)31)29(25(18)20)13-6-14-32-24-12-5-11-22(27)21(24)16-28/h2-5,7-12,15H,6,13-14H2,1H3,(H,30,31). The molecule has 4 rings (SSSR count). The molecule has 5 nitrogen and oxygen atoms in total. The third kappa shape index (κ3) is 4.05. The topological polar surface area (TPSA) is 75.2 Å². The van der Waals surface area contributed by atoms with Crippen LogP contribution >= 0.6 is 11.6 Å². The summed E-state index contributed by atoms with van der Waals surface area (Å²) in [6.45, 7) is 2.82. The molecule has 0 unspecified atom stereocenters. The van der Waals surface area contributed by atoms with Crippen LogP contribution in [0.25, 0.3) is 22.0 Å². The Morgan fingerprint density at radius 1 is 1.09 bits per heavy atom. The Balaban J connectivity index is 1.66. The molecule has 0 aliphatic heterocycles. The smallest absolute Gasteiger partial charge is 0.352 e. The van der Waals surface area contributed by atoms with Crippen LogP contribution in [0, 0.1) is 18.3 Å². The number of halogens is 1. The summed E-state index contributed by atoms with van der Waals surface area (Å²) in [6.07, 6.45) is 0.559. The molecule has 0 bridgehead atoms. The highest BCUT2D eigenvalue weighted by Crippen LogP contribution is 2.33. The first kappa shape index (κ1) is 21.5. The first-order chi connectivity index (χ1) is 15.5. The van der Waals surface area contributed by atoms with Crippen molar-refractivity contribution < 1.29 is 14.6 Å². The first-order valence-electron chi connectivity index (χ1n) is 10.2. The predicted molar refractivity (Wildman–Crippen MR) is 125 cm³/mol. The number of nitriles is 1. The maximum atomic E-state index is 12.0. The number of carboxylic acid groups (broad SMARTS) is 1. The van der Waals surface area contributed by atoms with Gasteiger partial charge in [0.1, 0.15) is 23.1 Å². The van der Waals surface area contributed by atoms with Gasteiger partial charge in [-0.25, -0.2) is 4.79 Å². The summed E-state index contributed by atoms with van der Waals surface area (Å²) in [7, 11) is 0. The molecule has 6 heteroatoms. The fourth-order valence-corrected chi connectivity index (χ4v) is 4.17. The molecule has 160 valence electrons. The average Bonchev–Trinajstić information content (AvgIpc) is 3.16. The van der Waals surface area contributed by atoms with E-state index in [9.17, 15) is 15.2 Å². The minimum atomic E-state index is -0.973. The highest BCUT2D eigenvalue weighted by molar-refractivity contribution is 6.31. The van der Waals surface area contributed by atoms with Gasteiger partial charge in [0.2, 0.25) is 0 Å². The van der Waals surface area contributed by atoms with Crippen molar-refractivity contribution in [3.05, 3.63) is 88.6 Å². The predicted octanol–water partition coefficient (Wildman–Crippen LogP) is 6.31. The van der Waals surface area contributed by atoms with E-state index in [1.54, 1.807) is 24.3 Å². The highest BCUT2D eigenvalue weighted by atomic mass is 35.5. The fraction of sp³-hybridized carbons (Fsp3) is 0.154. The van der Waals surface area contributed by atoms with Gasteiger partial charge in [0.15, 0.2) is 0 Å². The number of para-hydroxylation sites is 1. The molecule has 0 saturated carbocycles. The van der Waals surface area contributed by atoms with Crippen molar-refractivity contribution in [1.29, 1.82) is 5.26 Å². The van der Waals surface area contributed by atoms with E-state index in [1.807, 2.05) is 54.0 Å². The number of carboxylic acids is 1. The SMILES string of the molecule is Cc1ccccc1-c1cccc2cc(C(=O)O)n(CCCOc3cccc(Cl)c3C#N)c12. The number of aromatic carboxylic acids is 1. The van der Waals surface area contributed by atoms with Crippen molar-refractivity contribution in [3.63, 3.8) is 0 Å². The lowest BCUT2D eigenvalue weighted by molar-refractivity contribution is 0.0685. The zero-order chi connectivity index (χ0) is 22.7. The molecule has 3 aromatic carbocycles. The molecule has 0 aliphatic rings. The molecule has 0 aliphatic carbocycles. The lowest BCUT2D eigenvalue weighted by Gasteiger charge is -2.14. The molecular formula is C26H21ClN2O3. The van der Waals surface area contributed by atoms with Crippen LogP contribution in [0.2, 0.25) is 5.02 Å². The van der Waals surface area contributed by atoms with Crippen LogP contribution in [0.5, 0.6) is 5.75 Å². The van der Waals surface area contributed by atoms with Gasteiger partial charge < -0.3 is 14.4 Å². The summed E-state index contributed by atoms with van der Waals surface area (Å²) >= 11 is 6.06. The molecule has 0 fully saturated rings. The molecule has 1 aromatic heterocycles. The Morgan fingerprint density at radius 2 is 1.84 bits per heavy atom. The van der Waals surface area contributed by atoms with Crippen LogP contribution in [0.3, 0.4) is 0 Å². The van der Waals surface area contributed by atoms with Crippen molar-refractivity contribution in [2.45, 2.75) is 19.9 Å². The molecule has 32 heavy (non-hydrogen) atoms.